The van der Waals surface area contributed by atoms with Crippen molar-refractivity contribution in [2.45, 2.75) is 19.9 Å². The highest BCUT2D eigenvalue weighted by Crippen LogP contribution is 2.47. The van der Waals surface area contributed by atoms with Gasteiger partial charge in [-0.25, -0.2) is 0 Å². The number of hydrogen-bond acceptors (Lipinski definition) is 4. The Hall–Kier alpha value is -1.81. The SMILES string of the molecule is CC(C)N=Nc1c(Cl)c(O)c2ccccc2c1O. The second kappa shape index (κ2) is 4.82. The Labute approximate surface area is 110 Å². The molecule has 0 saturated carbocycles. The summed E-state index contributed by atoms with van der Waals surface area (Å²) in [5.41, 5.74) is 0.0987. The molecule has 2 N–H and O–H groups in total. The van der Waals surface area contributed by atoms with Gasteiger partial charge in [-0.3, -0.25) is 0 Å². The van der Waals surface area contributed by atoms with Crippen LogP contribution in [-0.2, 0) is 0 Å². The average molecular weight is 265 g/mol. The van der Waals surface area contributed by atoms with Crippen molar-refractivity contribution in [1.29, 1.82) is 0 Å². The number of fused-ring (bicyclic) bond motifs is 1. The maximum atomic E-state index is 10.1. The van der Waals surface area contributed by atoms with Crippen LogP contribution in [0.5, 0.6) is 11.5 Å². The number of nitrogens with zero attached hydrogens (tertiary/aromatic N) is 2. The summed E-state index contributed by atoms with van der Waals surface area (Å²) in [6.45, 7) is 3.71. The average Bonchev–Trinajstić information content (AvgIpc) is 2.36. The molecule has 2 aromatic rings. The number of azo groups is 1. The molecule has 0 aliphatic carbocycles. The first-order valence-corrected chi connectivity index (χ1v) is 5.93. The van der Waals surface area contributed by atoms with Crippen molar-refractivity contribution in [3.63, 3.8) is 0 Å². The van der Waals surface area contributed by atoms with Crippen LogP contribution >= 0.6 is 11.6 Å². The van der Waals surface area contributed by atoms with Crippen LogP contribution in [-0.4, -0.2) is 16.3 Å². The molecule has 0 atom stereocenters. The largest absolute Gasteiger partial charge is 0.506 e. The Morgan fingerprint density at radius 2 is 1.61 bits per heavy atom. The lowest BCUT2D eigenvalue weighted by Crippen LogP contribution is -1.85. The zero-order valence-electron chi connectivity index (χ0n) is 10.1. The minimum absolute atomic E-state index is 0.00981. The lowest BCUT2D eigenvalue weighted by Gasteiger charge is -2.09. The highest BCUT2D eigenvalue weighted by molar-refractivity contribution is 6.36. The molecule has 0 amide bonds. The van der Waals surface area contributed by atoms with E-state index in [9.17, 15) is 10.2 Å². The standard InChI is InChI=1S/C13H13ClN2O2/c1-7(2)15-16-11-10(14)12(17)8-5-3-4-6-9(8)13(11)18/h3-7,17-18H,1-2H3. The van der Waals surface area contributed by atoms with Gasteiger partial charge in [0, 0.05) is 10.8 Å². The van der Waals surface area contributed by atoms with E-state index in [0.29, 0.717) is 10.8 Å². The molecular formula is C13H13ClN2O2. The molecule has 0 aromatic heterocycles. The van der Waals surface area contributed by atoms with Crippen molar-refractivity contribution in [2.75, 3.05) is 0 Å². The quantitative estimate of drug-likeness (QED) is 0.624. The van der Waals surface area contributed by atoms with Crippen molar-refractivity contribution in [2.24, 2.45) is 10.2 Å². The van der Waals surface area contributed by atoms with E-state index in [-0.39, 0.29) is 28.3 Å². The third-order valence-electron chi connectivity index (χ3n) is 2.47. The third kappa shape index (κ3) is 2.11. The maximum Gasteiger partial charge on any atom is 0.152 e. The molecule has 0 radical (unpaired) electrons. The Bertz CT molecular complexity index is 624. The first-order valence-electron chi connectivity index (χ1n) is 5.55. The van der Waals surface area contributed by atoms with E-state index >= 15 is 0 Å². The van der Waals surface area contributed by atoms with Crippen LogP contribution in [0.1, 0.15) is 13.8 Å². The topological polar surface area (TPSA) is 65.2 Å². The minimum atomic E-state index is -0.0947. The van der Waals surface area contributed by atoms with Crippen molar-refractivity contribution in [3.8, 4) is 11.5 Å². The third-order valence-corrected chi connectivity index (χ3v) is 2.82. The van der Waals surface area contributed by atoms with Crippen molar-refractivity contribution >= 4 is 28.1 Å². The summed E-state index contributed by atoms with van der Waals surface area (Å²) in [6.07, 6.45) is 0. The van der Waals surface area contributed by atoms with E-state index in [2.05, 4.69) is 10.2 Å². The Balaban J connectivity index is 2.74. The molecule has 94 valence electrons. The van der Waals surface area contributed by atoms with Gasteiger partial charge in [0.05, 0.1) is 6.04 Å². The molecule has 0 saturated heterocycles. The first-order chi connectivity index (χ1) is 8.52. The maximum absolute atomic E-state index is 10.1. The Morgan fingerprint density at radius 1 is 1.06 bits per heavy atom. The molecule has 18 heavy (non-hydrogen) atoms. The van der Waals surface area contributed by atoms with E-state index in [1.807, 2.05) is 13.8 Å². The van der Waals surface area contributed by atoms with Gasteiger partial charge < -0.3 is 10.2 Å². The number of phenolic OH excluding ortho intramolecular Hbond substituents is 2. The summed E-state index contributed by atoms with van der Waals surface area (Å²) in [4.78, 5) is 0. The molecule has 4 nitrogen and oxygen atoms in total. The number of hydrogen-bond donors (Lipinski definition) is 2. The molecule has 0 aliphatic heterocycles. The molecule has 0 spiro atoms. The molecule has 2 aromatic carbocycles. The second-order valence-electron chi connectivity index (χ2n) is 4.21. The first kappa shape index (κ1) is 12.6. The summed E-state index contributed by atoms with van der Waals surface area (Å²) in [5, 5.41) is 28.9. The van der Waals surface area contributed by atoms with Gasteiger partial charge in [-0.15, -0.1) is 0 Å². The van der Waals surface area contributed by atoms with Crippen LogP contribution in [0.3, 0.4) is 0 Å². The predicted molar refractivity (Wildman–Crippen MR) is 71.9 cm³/mol. The Morgan fingerprint density at radius 3 is 2.17 bits per heavy atom. The van der Waals surface area contributed by atoms with Gasteiger partial charge in [0.25, 0.3) is 0 Å². The predicted octanol–water partition coefficient (Wildman–Crippen LogP) is 4.40. The fraction of sp³-hybridized carbons (Fsp3) is 0.231. The van der Waals surface area contributed by atoms with Gasteiger partial charge >= 0.3 is 0 Å². The van der Waals surface area contributed by atoms with Gasteiger partial charge in [0.15, 0.2) is 5.75 Å². The fourth-order valence-corrected chi connectivity index (χ4v) is 1.85. The van der Waals surface area contributed by atoms with E-state index in [0.717, 1.165) is 0 Å². The Kier molecular flexibility index (Phi) is 3.39. The zero-order valence-corrected chi connectivity index (χ0v) is 10.8. The summed E-state index contributed by atoms with van der Waals surface area (Å²) < 4.78 is 0. The van der Waals surface area contributed by atoms with Crippen LogP contribution in [0.25, 0.3) is 10.8 Å². The smallest absolute Gasteiger partial charge is 0.152 e. The van der Waals surface area contributed by atoms with E-state index < -0.39 is 0 Å². The molecule has 0 unspecified atom stereocenters. The molecule has 0 aliphatic rings. The van der Waals surface area contributed by atoms with Crippen molar-refractivity contribution in [1.82, 2.24) is 0 Å². The lowest BCUT2D eigenvalue weighted by atomic mass is 10.1. The van der Waals surface area contributed by atoms with E-state index in [1.165, 1.54) is 0 Å². The number of aromatic hydroxyl groups is 2. The second-order valence-corrected chi connectivity index (χ2v) is 4.59. The van der Waals surface area contributed by atoms with E-state index in [4.69, 9.17) is 11.6 Å². The van der Waals surface area contributed by atoms with Crippen molar-refractivity contribution in [3.05, 3.63) is 29.3 Å². The number of benzene rings is 2. The molecule has 5 heteroatoms. The zero-order chi connectivity index (χ0) is 13.3. The number of phenols is 2. The van der Waals surface area contributed by atoms with Crippen LogP contribution < -0.4 is 0 Å². The summed E-state index contributed by atoms with van der Waals surface area (Å²) in [6, 6.07) is 6.87. The number of halogens is 1. The van der Waals surface area contributed by atoms with Crippen molar-refractivity contribution < 1.29 is 10.2 Å². The summed E-state index contributed by atoms with van der Waals surface area (Å²) in [7, 11) is 0. The molecule has 2 rings (SSSR count). The van der Waals surface area contributed by atoms with Gasteiger partial charge in [0.1, 0.15) is 16.5 Å². The number of rotatable bonds is 2. The van der Waals surface area contributed by atoms with Gasteiger partial charge in [0.2, 0.25) is 0 Å². The normalized spacial score (nSPS) is 11.8. The van der Waals surface area contributed by atoms with Crippen LogP contribution in [0.15, 0.2) is 34.5 Å². The van der Waals surface area contributed by atoms with Crippen LogP contribution in [0, 0.1) is 0 Å². The van der Waals surface area contributed by atoms with Gasteiger partial charge in [-0.2, -0.15) is 10.2 Å². The van der Waals surface area contributed by atoms with E-state index in [1.54, 1.807) is 24.3 Å². The lowest BCUT2D eigenvalue weighted by molar-refractivity contribution is 0.470. The molecule has 0 fully saturated rings. The highest BCUT2D eigenvalue weighted by Gasteiger charge is 2.17. The van der Waals surface area contributed by atoms with Gasteiger partial charge in [-0.1, -0.05) is 35.9 Å². The van der Waals surface area contributed by atoms with Crippen LogP contribution in [0.4, 0.5) is 5.69 Å². The summed E-state index contributed by atoms with van der Waals surface area (Å²) >= 11 is 6.00. The molecule has 0 heterocycles. The fourth-order valence-electron chi connectivity index (χ4n) is 1.62. The summed E-state index contributed by atoms with van der Waals surface area (Å²) in [5.74, 6) is -0.166. The minimum Gasteiger partial charge on any atom is -0.506 e. The monoisotopic (exact) mass is 264 g/mol. The molecular weight excluding hydrogens is 252 g/mol. The van der Waals surface area contributed by atoms with Gasteiger partial charge in [-0.05, 0) is 13.8 Å². The molecule has 0 bridgehead atoms. The van der Waals surface area contributed by atoms with Crippen LogP contribution in [0.2, 0.25) is 5.02 Å². The highest BCUT2D eigenvalue weighted by atomic mass is 35.5.